The van der Waals surface area contributed by atoms with Gasteiger partial charge in [-0.15, -0.1) is 0 Å². The normalized spacial score (nSPS) is 12.9. The van der Waals surface area contributed by atoms with Gasteiger partial charge in [0.05, 0.1) is 16.8 Å². The maximum absolute atomic E-state index is 13.2. The third-order valence-electron chi connectivity index (χ3n) is 3.64. The number of hydrogen-bond acceptors (Lipinski definition) is 3. The lowest BCUT2D eigenvalue weighted by Gasteiger charge is -2.19. The van der Waals surface area contributed by atoms with Crippen LogP contribution in [0.2, 0.25) is 0 Å². The molecule has 13 heteroatoms. The van der Waals surface area contributed by atoms with Crippen LogP contribution in [-0.4, -0.2) is 9.55 Å². The molecule has 0 fully saturated rings. The van der Waals surface area contributed by atoms with Gasteiger partial charge in [-0.25, -0.2) is 4.98 Å². The highest BCUT2D eigenvalue weighted by Gasteiger charge is 2.39. The number of alkyl halides is 9. The van der Waals surface area contributed by atoms with Crippen molar-refractivity contribution in [3.8, 4) is 0 Å². The second-order valence-electron chi connectivity index (χ2n) is 5.83. The third-order valence-corrected chi connectivity index (χ3v) is 3.64. The summed E-state index contributed by atoms with van der Waals surface area (Å²) < 4.78 is 117. The van der Waals surface area contributed by atoms with Gasteiger partial charge in [-0.05, 0) is 24.6 Å². The first-order valence-corrected chi connectivity index (χ1v) is 7.89. The van der Waals surface area contributed by atoms with E-state index in [-0.39, 0.29) is 25.1 Å². The van der Waals surface area contributed by atoms with Gasteiger partial charge >= 0.3 is 18.5 Å². The summed E-state index contributed by atoms with van der Waals surface area (Å²) in [5.41, 5.74) is -7.20. The van der Waals surface area contributed by atoms with E-state index in [0.717, 1.165) is 0 Å². The summed E-state index contributed by atoms with van der Waals surface area (Å²) in [5.74, 6) is -0.878. The van der Waals surface area contributed by atoms with Crippen LogP contribution in [0.1, 0.15) is 30.2 Å². The first kappa shape index (κ1) is 22.6. The Hall–Kier alpha value is -2.73. The third kappa shape index (κ3) is 5.21. The number of hydrogen-bond donors (Lipinski definition) is 1. The van der Waals surface area contributed by atoms with Gasteiger partial charge in [0.1, 0.15) is 0 Å². The summed E-state index contributed by atoms with van der Waals surface area (Å²) in [6.45, 7) is 1.36. The molecule has 0 aliphatic rings. The molecule has 29 heavy (non-hydrogen) atoms. The van der Waals surface area contributed by atoms with Crippen LogP contribution in [0.15, 0.2) is 29.1 Å². The van der Waals surface area contributed by atoms with Crippen molar-refractivity contribution in [2.75, 3.05) is 5.32 Å². The minimum absolute atomic E-state index is 0.179. The Bertz CT molecular complexity index is 943. The maximum Gasteiger partial charge on any atom is 0.433 e. The fourth-order valence-corrected chi connectivity index (χ4v) is 2.37. The van der Waals surface area contributed by atoms with Crippen molar-refractivity contribution < 1.29 is 39.5 Å². The topological polar surface area (TPSA) is 46.9 Å². The van der Waals surface area contributed by atoms with Crippen LogP contribution < -0.4 is 10.9 Å². The predicted octanol–water partition coefficient (Wildman–Crippen LogP) is 5.45. The van der Waals surface area contributed by atoms with Gasteiger partial charge in [0.2, 0.25) is 5.95 Å². The number of halogens is 9. The molecule has 0 radical (unpaired) electrons. The molecule has 0 spiro atoms. The molecule has 160 valence electrons. The molecule has 1 aromatic heterocycles. The second-order valence-corrected chi connectivity index (χ2v) is 5.83. The fourth-order valence-electron chi connectivity index (χ4n) is 2.37. The number of rotatable bonds is 4. The van der Waals surface area contributed by atoms with E-state index in [1.807, 2.05) is 5.32 Å². The van der Waals surface area contributed by atoms with Gasteiger partial charge < -0.3 is 5.32 Å². The van der Waals surface area contributed by atoms with E-state index in [1.54, 1.807) is 6.92 Å². The number of nitrogens with zero attached hydrogens (tertiary/aromatic N) is 2. The molecule has 1 aromatic carbocycles. The number of anilines is 2. The number of benzene rings is 1. The second kappa shape index (κ2) is 7.59. The molecule has 1 heterocycles. The summed E-state index contributed by atoms with van der Waals surface area (Å²) in [6, 6.07) is 0.734. The Balaban J connectivity index is 2.66. The van der Waals surface area contributed by atoms with Crippen LogP contribution >= 0.6 is 0 Å². The largest absolute Gasteiger partial charge is 0.433 e. The van der Waals surface area contributed by atoms with E-state index in [9.17, 15) is 44.3 Å². The molecule has 0 bridgehead atoms. The summed E-state index contributed by atoms with van der Waals surface area (Å²) in [4.78, 5) is 15.1. The van der Waals surface area contributed by atoms with Gasteiger partial charge in [0, 0.05) is 12.6 Å². The Morgan fingerprint density at radius 1 is 0.931 bits per heavy atom. The van der Waals surface area contributed by atoms with Crippen molar-refractivity contribution in [2.24, 2.45) is 0 Å². The minimum atomic E-state index is -5.26. The minimum Gasteiger partial charge on any atom is -0.325 e. The molecular weight excluding hydrogens is 421 g/mol. The van der Waals surface area contributed by atoms with Crippen molar-refractivity contribution in [3.05, 3.63) is 51.4 Å². The van der Waals surface area contributed by atoms with Gasteiger partial charge in [-0.1, -0.05) is 6.92 Å². The van der Waals surface area contributed by atoms with Gasteiger partial charge in [0.15, 0.2) is 5.69 Å². The standard InChI is InChI=1S/C16H12F9N3O/c1-2-5-28-12(29)7-11(16(23,24)25)27-13(28)26-10-4-3-8(14(17,18)19)6-9(10)15(20,21)22/h3-4,6-7H,2,5H2,1H3,(H,26,27). The molecule has 0 aliphatic carbocycles. The molecule has 2 rings (SSSR count). The first-order valence-electron chi connectivity index (χ1n) is 7.89. The quantitative estimate of drug-likeness (QED) is 0.653. The SMILES string of the molecule is CCCn1c(Nc2ccc(C(F)(F)F)cc2C(F)(F)F)nc(C(F)(F)F)cc1=O. The predicted molar refractivity (Wildman–Crippen MR) is 83.5 cm³/mol. The van der Waals surface area contributed by atoms with E-state index in [0.29, 0.717) is 16.7 Å². The van der Waals surface area contributed by atoms with E-state index >= 15 is 0 Å². The maximum atomic E-state index is 13.2. The summed E-state index contributed by atoms with van der Waals surface area (Å²) in [5, 5.41) is 1.93. The molecule has 2 aromatic rings. The summed E-state index contributed by atoms with van der Waals surface area (Å²) in [6.07, 6.45) is -15.2. The highest BCUT2D eigenvalue weighted by atomic mass is 19.4. The fraction of sp³-hybridized carbons (Fsp3) is 0.375. The average Bonchev–Trinajstić information content (AvgIpc) is 2.55. The van der Waals surface area contributed by atoms with Crippen LogP contribution in [0.5, 0.6) is 0 Å². The van der Waals surface area contributed by atoms with E-state index in [1.165, 1.54) is 0 Å². The number of aromatic nitrogens is 2. The van der Waals surface area contributed by atoms with Gasteiger partial charge in [0.25, 0.3) is 5.56 Å². The zero-order valence-corrected chi connectivity index (χ0v) is 14.4. The molecule has 0 amide bonds. The van der Waals surface area contributed by atoms with Crippen LogP contribution in [0.3, 0.4) is 0 Å². The zero-order valence-electron chi connectivity index (χ0n) is 14.4. The number of nitrogens with one attached hydrogen (secondary N) is 1. The molecule has 0 aliphatic heterocycles. The Kier molecular flexibility index (Phi) is 5.91. The summed E-state index contributed by atoms with van der Waals surface area (Å²) >= 11 is 0. The van der Waals surface area contributed by atoms with Crippen molar-refractivity contribution in [2.45, 2.75) is 38.4 Å². The monoisotopic (exact) mass is 433 g/mol. The molecule has 4 nitrogen and oxygen atoms in total. The van der Waals surface area contributed by atoms with Crippen LogP contribution in [0.25, 0.3) is 0 Å². The van der Waals surface area contributed by atoms with Crippen LogP contribution in [0.4, 0.5) is 51.1 Å². The zero-order chi connectivity index (χ0) is 22.2. The average molecular weight is 433 g/mol. The van der Waals surface area contributed by atoms with E-state index < -0.39 is 52.5 Å². The molecule has 0 unspecified atom stereocenters. The molecule has 0 atom stereocenters. The highest BCUT2D eigenvalue weighted by Crippen LogP contribution is 2.40. The van der Waals surface area contributed by atoms with Crippen molar-refractivity contribution in [1.82, 2.24) is 9.55 Å². The highest BCUT2D eigenvalue weighted by molar-refractivity contribution is 5.61. The lowest BCUT2D eigenvalue weighted by Crippen LogP contribution is -2.27. The van der Waals surface area contributed by atoms with Crippen LogP contribution in [-0.2, 0) is 25.1 Å². The smallest absolute Gasteiger partial charge is 0.325 e. The van der Waals surface area contributed by atoms with Crippen LogP contribution in [0, 0.1) is 0 Å². The molecular formula is C16H12F9N3O. The Morgan fingerprint density at radius 3 is 2.03 bits per heavy atom. The molecule has 0 saturated heterocycles. The van der Waals surface area contributed by atoms with E-state index in [2.05, 4.69) is 4.98 Å². The Labute approximate surface area is 157 Å². The van der Waals surface area contributed by atoms with Gasteiger partial charge in [-0.3, -0.25) is 9.36 Å². The van der Waals surface area contributed by atoms with Crippen molar-refractivity contribution >= 4 is 11.6 Å². The van der Waals surface area contributed by atoms with Crippen molar-refractivity contribution in [1.29, 1.82) is 0 Å². The summed E-state index contributed by atoms with van der Waals surface area (Å²) in [7, 11) is 0. The van der Waals surface area contributed by atoms with E-state index in [4.69, 9.17) is 0 Å². The lowest BCUT2D eigenvalue weighted by molar-refractivity contribution is -0.143. The lowest BCUT2D eigenvalue weighted by atomic mass is 10.1. The van der Waals surface area contributed by atoms with Gasteiger partial charge in [-0.2, -0.15) is 39.5 Å². The molecule has 1 N–H and O–H groups in total. The Morgan fingerprint density at radius 2 is 1.55 bits per heavy atom. The van der Waals surface area contributed by atoms with Crippen molar-refractivity contribution in [3.63, 3.8) is 0 Å². The molecule has 0 saturated carbocycles. The first-order chi connectivity index (χ1) is 13.1.